The molecule has 0 heterocycles. The second-order valence-corrected chi connectivity index (χ2v) is 5.57. The van der Waals surface area contributed by atoms with E-state index in [-0.39, 0.29) is 57.9 Å². The van der Waals surface area contributed by atoms with Crippen LogP contribution in [0.25, 0.3) is 0 Å². The first-order chi connectivity index (χ1) is 6.97. The van der Waals surface area contributed by atoms with E-state index in [1.54, 1.807) is 0 Å². The van der Waals surface area contributed by atoms with E-state index in [1.807, 2.05) is 0 Å². The zero-order valence-electron chi connectivity index (χ0n) is 9.68. The third kappa shape index (κ3) is 8.54. The summed E-state index contributed by atoms with van der Waals surface area (Å²) in [5.74, 6) is -0.702. The predicted octanol–water partition coefficient (Wildman–Crippen LogP) is -3.18. The summed E-state index contributed by atoms with van der Waals surface area (Å²) in [5, 5.41) is 12.4. The quantitative estimate of drug-likeness (QED) is 0.408. The summed E-state index contributed by atoms with van der Waals surface area (Å²) in [4.78, 5) is 0. The van der Waals surface area contributed by atoms with Gasteiger partial charge >= 0.3 is 51.4 Å². The zero-order valence-corrected chi connectivity index (χ0v) is 13.6. The smallest absolute Gasteiger partial charge is 0.748 e. The van der Waals surface area contributed by atoms with Crippen LogP contribution in [-0.2, 0) is 10.1 Å². The Bertz CT molecular complexity index is 277. The Morgan fingerprint density at radius 3 is 2.38 bits per heavy atom. The molecule has 1 fully saturated rings. The molecule has 0 aliphatic heterocycles. The molecule has 0 amide bonds. The van der Waals surface area contributed by atoms with Crippen molar-refractivity contribution in [2.24, 2.45) is 0 Å². The average Bonchev–Trinajstić information content (AvgIpc) is 2.14. The SMILES string of the molecule is O=S(=O)([O-])CC(O)CNC1CCCCC1.[K+]. The Morgan fingerprint density at radius 2 is 1.88 bits per heavy atom. The topological polar surface area (TPSA) is 89.5 Å². The van der Waals surface area contributed by atoms with Crippen LogP contribution in [0.3, 0.4) is 0 Å². The van der Waals surface area contributed by atoms with Crippen LogP contribution in [0.2, 0.25) is 0 Å². The van der Waals surface area contributed by atoms with Crippen molar-refractivity contribution in [3.8, 4) is 0 Å². The molecule has 1 aliphatic rings. The fraction of sp³-hybridized carbons (Fsp3) is 1.00. The van der Waals surface area contributed by atoms with Gasteiger partial charge in [0.25, 0.3) is 0 Å². The Hall–Kier alpha value is 1.47. The summed E-state index contributed by atoms with van der Waals surface area (Å²) in [6.45, 7) is 0.187. The summed E-state index contributed by atoms with van der Waals surface area (Å²) < 4.78 is 31.0. The maximum absolute atomic E-state index is 10.3. The minimum absolute atomic E-state index is 0. The standard InChI is InChI=1S/C9H19NO4S.K/c11-9(7-15(12,13)14)6-10-8-4-2-1-3-5-8;/h8-11H,1-7H2,(H,12,13,14);/q;+1/p-1. The molecule has 5 nitrogen and oxygen atoms in total. The number of aliphatic hydroxyl groups excluding tert-OH is 1. The molecule has 7 heteroatoms. The summed E-state index contributed by atoms with van der Waals surface area (Å²) in [7, 11) is -4.32. The first-order valence-corrected chi connectivity index (χ1v) is 6.90. The fourth-order valence-electron chi connectivity index (χ4n) is 1.90. The first kappa shape index (κ1) is 17.5. The van der Waals surface area contributed by atoms with E-state index in [9.17, 15) is 18.1 Å². The summed E-state index contributed by atoms with van der Waals surface area (Å²) in [6.07, 6.45) is 4.64. The molecular formula is C9H18KNO4S. The van der Waals surface area contributed by atoms with E-state index in [0.29, 0.717) is 6.04 Å². The molecule has 0 saturated heterocycles. The molecule has 0 aromatic rings. The number of hydrogen-bond acceptors (Lipinski definition) is 5. The van der Waals surface area contributed by atoms with Crippen molar-refractivity contribution in [2.45, 2.75) is 44.2 Å². The maximum Gasteiger partial charge on any atom is 1.00 e. The second kappa shape index (κ2) is 8.55. The van der Waals surface area contributed by atoms with Crippen molar-refractivity contribution in [2.75, 3.05) is 12.3 Å². The van der Waals surface area contributed by atoms with Gasteiger partial charge in [0, 0.05) is 12.6 Å². The summed E-state index contributed by atoms with van der Waals surface area (Å²) >= 11 is 0. The summed E-state index contributed by atoms with van der Waals surface area (Å²) in [6, 6.07) is 0.364. The largest absolute Gasteiger partial charge is 1.00 e. The van der Waals surface area contributed by atoms with E-state index in [1.165, 1.54) is 19.3 Å². The molecular weight excluding hydrogens is 257 g/mol. The van der Waals surface area contributed by atoms with Gasteiger partial charge in [-0.25, -0.2) is 8.42 Å². The van der Waals surface area contributed by atoms with Crippen LogP contribution in [0.1, 0.15) is 32.1 Å². The molecule has 1 saturated carbocycles. The van der Waals surface area contributed by atoms with Crippen molar-refractivity contribution >= 4 is 10.1 Å². The maximum atomic E-state index is 10.3. The molecule has 90 valence electrons. The van der Waals surface area contributed by atoms with Crippen LogP contribution in [0.4, 0.5) is 0 Å². The molecule has 1 rings (SSSR count). The van der Waals surface area contributed by atoms with Gasteiger partial charge in [0.05, 0.1) is 22.0 Å². The first-order valence-electron chi connectivity index (χ1n) is 5.32. The van der Waals surface area contributed by atoms with E-state index >= 15 is 0 Å². The van der Waals surface area contributed by atoms with Gasteiger partial charge in [-0.15, -0.1) is 0 Å². The fourth-order valence-corrected chi connectivity index (χ4v) is 2.49. The van der Waals surface area contributed by atoms with Gasteiger partial charge in [-0.3, -0.25) is 0 Å². The summed E-state index contributed by atoms with van der Waals surface area (Å²) in [5.41, 5.74) is 0. The molecule has 0 aromatic carbocycles. The van der Waals surface area contributed by atoms with Gasteiger partial charge < -0.3 is 15.0 Å². The van der Waals surface area contributed by atoms with Crippen LogP contribution in [-0.4, -0.2) is 42.5 Å². The van der Waals surface area contributed by atoms with Crippen molar-refractivity contribution in [1.82, 2.24) is 5.32 Å². The van der Waals surface area contributed by atoms with E-state index in [4.69, 9.17) is 0 Å². The van der Waals surface area contributed by atoms with Gasteiger partial charge in [-0.05, 0) is 12.8 Å². The molecule has 0 spiro atoms. The van der Waals surface area contributed by atoms with Crippen LogP contribution in [0, 0.1) is 0 Å². The number of nitrogens with one attached hydrogen (secondary N) is 1. The van der Waals surface area contributed by atoms with E-state index in [2.05, 4.69) is 5.32 Å². The molecule has 0 aromatic heterocycles. The second-order valence-electron chi connectivity index (χ2n) is 4.12. The monoisotopic (exact) mass is 275 g/mol. The van der Waals surface area contributed by atoms with Gasteiger partial charge in [-0.2, -0.15) is 0 Å². The third-order valence-electron chi connectivity index (χ3n) is 2.64. The Kier molecular flexibility index (Phi) is 9.33. The van der Waals surface area contributed by atoms with Crippen LogP contribution in [0.5, 0.6) is 0 Å². The average molecular weight is 275 g/mol. The molecule has 16 heavy (non-hydrogen) atoms. The van der Waals surface area contributed by atoms with Gasteiger partial charge in [0.2, 0.25) is 0 Å². The molecule has 1 atom stereocenters. The third-order valence-corrected chi connectivity index (χ3v) is 3.44. The molecule has 0 bridgehead atoms. The normalized spacial score (nSPS) is 20.1. The Morgan fingerprint density at radius 1 is 1.31 bits per heavy atom. The minimum atomic E-state index is -4.32. The number of aliphatic hydroxyl groups is 1. The van der Waals surface area contributed by atoms with Crippen molar-refractivity contribution < 1.29 is 69.5 Å². The number of hydrogen-bond donors (Lipinski definition) is 2. The van der Waals surface area contributed by atoms with Crippen LogP contribution in [0.15, 0.2) is 0 Å². The van der Waals surface area contributed by atoms with Crippen molar-refractivity contribution in [3.63, 3.8) is 0 Å². The van der Waals surface area contributed by atoms with Crippen molar-refractivity contribution in [3.05, 3.63) is 0 Å². The Balaban J connectivity index is 0.00000225. The Labute approximate surface area is 140 Å². The zero-order chi connectivity index (χ0) is 11.3. The molecule has 1 aliphatic carbocycles. The molecule has 1 unspecified atom stereocenters. The molecule has 0 radical (unpaired) electrons. The van der Waals surface area contributed by atoms with Crippen LogP contribution < -0.4 is 56.7 Å². The van der Waals surface area contributed by atoms with Gasteiger partial charge in [-0.1, -0.05) is 19.3 Å². The number of rotatable bonds is 5. The van der Waals surface area contributed by atoms with Crippen LogP contribution >= 0.6 is 0 Å². The van der Waals surface area contributed by atoms with Gasteiger partial charge in [0.15, 0.2) is 0 Å². The predicted molar refractivity (Wildman–Crippen MR) is 55.4 cm³/mol. The van der Waals surface area contributed by atoms with Crippen molar-refractivity contribution in [1.29, 1.82) is 0 Å². The molecule has 2 N–H and O–H groups in total. The van der Waals surface area contributed by atoms with E-state index in [0.717, 1.165) is 12.8 Å². The van der Waals surface area contributed by atoms with Gasteiger partial charge in [0.1, 0.15) is 0 Å². The minimum Gasteiger partial charge on any atom is -0.748 e. The van der Waals surface area contributed by atoms with E-state index < -0.39 is 22.0 Å².